The molecule has 118 valence electrons. The lowest BCUT2D eigenvalue weighted by molar-refractivity contribution is -0.118. The van der Waals surface area contributed by atoms with Gasteiger partial charge >= 0.3 is 0 Å². The third kappa shape index (κ3) is 5.80. The molecule has 0 aliphatic heterocycles. The van der Waals surface area contributed by atoms with Gasteiger partial charge in [0.05, 0.1) is 17.4 Å². The normalized spacial score (nSPS) is 10.1. The van der Waals surface area contributed by atoms with Crippen molar-refractivity contribution in [3.63, 3.8) is 0 Å². The van der Waals surface area contributed by atoms with Crippen molar-refractivity contribution in [1.82, 2.24) is 5.32 Å². The summed E-state index contributed by atoms with van der Waals surface area (Å²) >= 11 is 13.4. The van der Waals surface area contributed by atoms with Crippen LogP contribution in [0.2, 0.25) is 10.0 Å². The van der Waals surface area contributed by atoms with Crippen molar-refractivity contribution in [2.75, 3.05) is 5.75 Å². The van der Waals surface area contributed by atoms with E-state index in [2.05, 4.69) is 11.4 Å². The lowest BCUT2D eigenvalue weighted by Crippen LogP contribution is -2.24. The number of carbonyl (C=O) groups is 1. The number of benzene rings is 2. The molecule has 0 radical (unpaired) electrons. The molecule has 0 atom stereocenters. The standard InChI is InChI=1S/C17H14Cl2N2OS/c18-15-6-5-14(16(19)7-15)9-21-17(22)11-23-10-13-3-1-12(8-20)2-4-13/h1-7H,9-11H2,(H,21,22). The first-order valence-corrected chi connectivity index (χ1v) is 8.77. The van der Waals surface area contributed by atoms with Crippen LogP contribution in [0.1, 0.15) is 16.7 Å². The Labute approximate surface area is 149 Å². The number of rotatable bonds is 6. The molecule has 23 heavy (non-hydrogen) atoms. The predicted molar refractivity (Wildman–Crippen MR) is 95.6 cm³/mol. The number of nitriles is 1. The van der Waals surface area contributed by atoms with E-state index in [0.717, 1.165) is 16.9 Å². The number of carbonyl (C=O) groups excluding carboxylic acids is 1. The molecule has 0 bridgehead atoms. The van der Waals surface area contributed by atoms with Crippen LogP contribution in [0.15, 0.2) is 42.5 Å². The van der Waals surface area contributed by atoms with E-state index >= 15 is 0 Å². The number of nitrogens with one attached hydrogen (secondary N) is 1. The fraction of sp³-hybridized carbons (Fsp3) is 0.176. The summed E-state index contributed by atoms with van der Waals surface area (Å²) in [5.41, 5.74) is 2.56. The van der Waals surface area contributed by atoms with Gasteiger partial charge in [0.2, 0.25) is 5.91 Å². The molecule has 6 heteroatoms. The van der Waals surface area contributed by atoms with Gasteiger partial charge in [-0.1, -0.05) is 41.4 Å². The lowest BCUT2D eigenvalue weighted by Gasteiger charge is -2.07. The highest BCUT2D eigenvalue weighted by Gasteiger charge is 2.05. The molecule has 0 saturated heterocycles. The maximum absolute atomic E-state index is 11.8. The quantitative estimate of drug-likeness (QED) is 0.825. The number of halogens is 2. The smallest absolute Gasteiger partial charge is 0.230 e. The largest absolute Gasteiger partial charge is 0.351 e. The molecule has 0 unspecified atom stereocenters. The average molecular weight is 365 g/mol. The minimum Gasteiger partial charge on any atom is -0.351 e. The van der Waals surface area contributed by atoms with Crippen LogP contribution in [0.25, 0.3) is 0 Å². The molecule has 2 aromatic carbocycles. The van der Waals surface area contributed by atoms with E-state index < -0.39 is 0 Å². The van der Waals surface area contributed by atoms with Crippen LogP contribution in [-0.2, 0) is 17.1 Å². The van der Waals surface area contributed by atoms with Gasteiger partial charge in [-0.2, -0.15) is 5.26 Å². The Bertz CT molecular complexity index is 726. The van der Waals surface area contributed by atoms with Crippen LogP contribution in [0.4, 0.5) is 0 Å². The zero-order chi connectivity index (χ0) is 16.7. The van der Waals surface area contributed by atoms with E-state index in [1.54, 1.807) is 30.3 Å². The Kier molecular flexibility index (Phi) is 6.79. The number of nitrogens with zero attached hydrogens (tertiary/aromatic N) is 1. The number of thioether (sulfide) groups is 1. The van der Waals surface area contributed by atoms with Crippen molar-refractivity contribution in [2.45, 2.75) is 12.3 Å². The second kappa shape index (κ2) is 8.83. The molecular formula is C17H14Cl2N2OS. The molecule has 2 rings (SSSR count). The molecule has 0 saturated carbocycles. The second-order valence-electron chi connectivity index (χ2n) is 4.81. The molecule has 1 amide bonds. The molecule has 0 spiro atoms. The first-order valence-electron chi connectivity index (χ1n) is 6.86. The lowest BCUT2D eigenvalue weighted by atomic mass is 10.2. The highest BCUT2D eigenvalue weighted by molar-refractivity contribution is 7.99. The van der Waals surface area contributed by atoms with E-state index in [1.165, 1.54) is 11.8 Å². The highest BCUT2D eigenvalue weighted by atomic mass is 35.5. The fourth-order valence-corrected chi connectivity index (χ4v) is 3.14. The van der Waals surface area contributed by atoms with Crippen LogP contribution in [0.5, 0.6) is 0 Å². The molecule has 2 aromatic rings. The Morgan fingerprint density at radius 1 is 1.17 bits per heavy atom. The van der Waals surface area contributed by atoms with Crippen molar-refractivity contribution in [1.29, 1.82) is 5.26 Å². The maximum Gasteiger partial charge on any atom is 0.230 e. The second-order valence-corrected chi connectivity index (χ2v) is 6.64. The van der Waals surface area contributed by atoms with Crippen molar-refractivity contribution in [2.24, 2.45) is 0 Å². The molecule has 0 aromatic heterocycles. The van der Waals surface area contributed by atoms with E-state index in [0.29, 0.717) is 27.9 Å². The Morgan fingerprint density at radius 2 is 1.91 bits per heavy atom. The van der Waals surface area contributed by atoms with Crippen molar-refractivity contribution < 1.29 is 4.79 Å². The van der Waals surface area contributed by atoms with Crippen LogP contribution < -0.4 is 5.32 Å². The number of hydrogen-bond donors (Lipinski definition) is 1. The summed E-state index contributed by atoms with van der Waals surface area (Å²) in [7, 11) is 0. The molecule has 3 nitrogen and oxygen atoms in total. The third-order valence-corrected chi connectivity index (χ3v) is 4.67. The summed E-state index contributed by atoms with van der Waals surface area (Å²) < 4.78 is 0. The topological polar surface area (TPSA) is 52.9 Å². The molecule has 0 fully saturated rings. The number of amides is 1. The predicted octanol–water partition coefficient (Wildman–Crippen LogP) is 4.41. The zero-order valence-corrected chi connectivity index (χ0v) is 14.5. The van der Waals surface area contributed by atoms with Gasteiger partial charge in [-0.15, -0.1) is 11.8 Å². The van der Waals surface area contributed by atoms with Gasteiger partial charge < -0.3 is 5.32 Å². The van der Waals surface area contributed by atoms with Gasteiger partial charge in [0.15, 0.2) is 0 Å². The molecular weight excluding hydrogens is 351 g/mol. The average Bonchev–Trinajstić information content (AvgIpc) is 2.54. The van der Waals surface area contributed by atoms with Gasteiger partial charge in [-0.3, -0.25) is 4.79 Å². The van der Waals surface area contributed by atoms with Crippen molar-refractivity contribution in [3.8, 4) is 6.07 Å². The van der Waals surface area contributed by atoms with Crippen LogP contribution in [-0.4, -0.2) is 11.7 Å². The van der Waals surface area contributed by atoms with Crippen molar-refractivity contribution >= 4 is 40.9 Å². The Hall–Kier alpha value is -1.67. The van der Waals surface area contributed by atoms with E-state index in [1.807, 2.05) is 12.1 Å². The van der Waals surface area contributed by atoms with E-state index in [-0.39, 0.29) is 5.91 Å². The first-order chi connectivity index (χ1) is 11.1. The molecule has 0 aliphatic carbocycles. The van der Waals surface area contributed by atoms with Crippen LogP contribution >= 0.6 is 35.0 Å². The van der Waals surface area contributed by atoms with Gasteiger partial charge in [0.1, 0.15) is 0 Å². The van der Waals surface area contributed by atoms with Gasteiger partial charge in [0.25, 0.3) is 0 Å². The van der Waals surface area contributed by atoms with Gasteiger partial charge in [-0.05, 0) is 35.4 Å². The SMILES string of the molecule is N#Cc1ccc(CSCC(=O)NCc2ccc(Cl)cc2Cl)cc1. The summed E-state index contributed by atoms with van der Waals surface area (Å²) in [4.78, 5) is 11.8. The Balaban J connectivity index is 1.73. The van der Waals surface area contributed by atoms with E-state index in [4.69, 9.17) is 28.5 Å². The zero-order valence-electron chi connectivity index (χ0n) is 12.2. The van der Waals surface area contributed by atoms with Gasteiger partial charge in [0, 0.05) is 22.3 Å². The van der Waals surface area contributed by atoms with Gasteiger partial charge in [-0.25, -0.2) is 0 Å². The maximum atomic E-state index is 11.8. The summed E-state index contributed by atoms with van der Waals surface area (Å²) in [5, 5.41) is 12.7. The first kappa shape index (κ1) is 17.7. The summed E-state index contributed by atoms with van der Waals surface area (Å²) in [6.45, 7) is 0.381. The summed E-state index contributed by atoms with van der Waals surface area (Å²) in [6.07, 6.45) is 0. The minimum atomic E-state index is -0.0466. The number of hydrogen-bond acceptors (Lipinski definition) is 3. The fourth-order valence-electron chi connectivity index (χ4n) is 1.85. The summed E-state index contributed by atoms with van der Waals surface area (Å²) in [6, 6.07) is 14.6. The third-order valence-electron chi connectivity index (χ3n) is 3.08. The monoisotopic (exact) mass is 364 g/mol. The molecule has 1 N–H and O–H groups in total. The molecule has 0 aliphatic rings. The highest BCUT2D eigenvalue weighted by Crippen LogP contribution is 2.20. The Morgan fingerprint density at radius 3 is 2.57 bits per heavy atom. The molecule has 0 heterocycles. The minimum absolute atomic E-state index is 0.0466. The van der Waals surface area contributed by atoms with Crippen molar-refractivity contribution in [3.05, 3.63) is 69.2 Å². The van der Waals surface area contributed by atoms with Crippen LogP contribution in [0.3, 0.4) is 0 Å². The van der Waals surface area contributed by atoms with E-state index in [9.17, 15) is 4.79 Å². The van der Waals surface area contributed by atoms with Crippen LogP contribution in [0, 0.1) is 11.3 Å². The summed E-state index contributed by atoms with van der Waals surface area (Å²) in [5.74, 6) is 1.04.